The fraction of sp³-hybridized carbons (Fsp3) is 0.125. The molecule has 22 heavy (non-hydrogen) atoms. The van der Waals surface area contributed by atoms with Crippen molar-refractivity contribution >= 4 is 51.5 Å². The van der Waals surface area contributed by atoms with Crippen LogP contribution in [0.1, 0.15) is 17.5 Å². The fourth-order valence-electron chi connectivity index (χ4n) is 2.84. The zero-order chi connectivity index (χ0) is 13.7. The summed E-state index contributed by atoms with van der Waals surface area (Å²) in [7, 11) is 5.98. The monoisotopic (exact) mass is 506 g/mol. The molecule has 4 rings (SSSR count). The molecule has 1 unspecified atom stereocenters. The predicted molar refractivity (Wildman–Crippen MR) is 91.8 cm³/mol. The van der Waals surface area contributed by atoms with Crippen LogP contribution in [-0.4, -0.2) is 4.16 Å². The minimum absolute atomic E-state index is 0. The van der Waals surface area contributed by atoms with E-state index in [0.717, 1.165) is 6.42 Å². The number of halogens is 3. The number of allylic oxidation sites excluding steroid dienone is 5. The molecule has 0 spiro atoms. The molecule has 3 aliphatic rings. The molecule has 0 saturated carbocycles. The van der Waals surface area contributed by atoms with E-state index in [0.29, 0.717) is 4.16 Å². The number of rotatable bonds is 2. The molecule has 1 heterocycles. The van der Waals surface area contributed by atoms with E-state index in [1.54, 1.807) is 0 Å². The van der Waals surface area contributed by atoms with Gasteiger partial charge in [-0.3, -0.25) is 0 Å². The molecule has 1 aromatic rings. The molecule has 6 heteroatoms. The summed E-state index contributed by atoms with van der Waals surface area (Å²) < 4.78 is 3.43. The van der Waals surface area contributed by atoms with Crippen LogP contribution >= 0.6 is 36.5 Å². The van der Waals surface area contributed by atoms with E-state index in [4.69, 9.17) is 8.86 Å². The molecule has 0 aromatic heterocycles. The van der Waals surface area contributed by atoms with Crippen molar-refractivity contribution in [3.63, 3.8) is 0 Å². The Kier molecular flexibility index (Phi) is 6.67. The molecule has 0 N–H and O–H groups in total. The van der Waals surface area contributed by atoms with E-state index in [1.807, 2.05) is 11.8 Å². The third kappa shape index (κ3) is 3.25. The Bertz CT molecular complexity index is 765. The summed E-state index contributed by atoms with van der Waals surface area (Å²) in [6, 6.07) is 6.70. The summed E-state index contributed by atoms with van der Waals surface area (Å²) in [5.41, 5.74) is 4.21. The molecular weight excluding hydrogens is 498 g/mol. The Balaban J connectivity index is 0.000000882. The van der Waals surface area contributed by atoms with E-state index in [9.17, 15) is 0 Å². The van der Waals surface area contributed by atoms with Crippen LogP contribution in [0, 0.1) is 0 Å². The average molecular weight is 509 g/mol. The van der Waals surface area contributed by atoms with E-state index in [-0.39, 0.29) is 24.8 Å². The SMILES string of the molecule is [Cl-].[Cl-].[S]=[Zr+2]([C]1=CC=CC1)[c]1cccc2c1C=C1SC(Br)C=C12. The molecule has 0 radical (unpaired) electrons. The molecule has 0 fully saturated rings. The van der Waals surface area contributed by atoms with E-state index in [1.165, 1.54) is 28.2 Å². The number of fused-ring (bicyclic) bond motifs is 3. The van der Waals surface area contributed by atoms with Crippen LogP contribution in [0.25, 0.3) is 11.6 Å². The van der Waals surface area contributed by atoms with Crippen LogP contribution in [0.2, 0.25) is 0 Å². The topological polar surface area (TPSA) is 0 Å². The van der Waals surface area contributed by atoms with Crippen molar-refractivity contribution < 1.29 is 44.5 Å². The second kappa shape index (κ2) is 7.72. The van der Waals surface area contributed by atoms with E-state index in [2.05, 4.69) is 64.5 Å². The molecule has 0 amide bonds. The summed E-state index contributed by atoms with van der Waals surface area (Å²) in [5, 5.41) is 0. The van der Waals surface area contributed by atoms with Crippen LogP contribution in [0.4, 0.5) is 0 Å². The summed E-state index contributed by atoms with van der Waals surface area (Å²) >= 11 is 3.50. The molecule has 0 nitrogen and oxygen atoms in total. The van der Waals surface area contributed by atoms with Gasteiger partial charge in [-0.05, 0) is 0 Å². The first-order valence-corrected chi connectivity index (χ1v) is 14.2. The first kappa shape index (κ1) is 19.0. The second-order valence-corrected chi connectivity index (χ2v) is 14.7. The Labute approximate surface area is 166 Å². The second-order valence-electron chi connectivity index (χ2n) is 4.98. The summed E-state index contributed by atoms with van der Waals surface area (Å²) in [4.78, 5) is 1.40. The van der Waals surface area contributed by atoms with Crippen LogP contribution in [0.3, 0.4) is 0 Å². The van der Waals surface area contributed by atoms with Crippen molar-refractivity contribution in [3.8, 4) is 0 Å². The molecule has 1 aliphatic heterocycles. The van der Waals surface area contributed by atoms with Gasteiger partial charge in [0.15, 0.2) is 0 Å². The Morgan fingerprint density at radius 1 is 1.27 bits per heavy atom. The Morgan fingerprint density at radius 3 is 2.82 bits per heavy atom. The van der Waals surface area contributed by atoms with E-state index < -0.39 is 19.7 Å². The summed E-state index contributed by atoms with van der Waals surface area (Å²) in [6.45, 7) is 0. The molecule has 2 aliphatic carbocycles. The fourth-order valence-corrected chi connectivity index (χ4v) is 10.5. The van der Waals surface area contributed by atoms with Crippen LogP contribution < -0.4 is 28.1 Å². The van der Waals surface area contributed by atoms with Crippen LogP contribution in [0.15, 0.2) is 50.7 Å². The standard InChI is InChI=1S/C11H6BrS.C5H5.2ClH.S.Zr/c12-11-6-9-8-4-2-1-3-7(8)5-10(9)13-11;1-2-4-5-3-1;;;;/h1-2,4-6,11H;1-3H,4H2;2*1H;;/q;;;;;+2/p-2. The Morgan fingerprint density at radius 2 is 2.09 bits per heavy atom. The van der Waals surface area contributed by atoms with Crippen molar-refractivity contribution in [2.24, 2.45) is 0 Å². The number of hydrogen-bond donors (Lipinski definition) is 0. The third-order valence-electron chi connectivity index (χ3n) is 3.78. The van der Waals surface area contributed by atoms with Crippen molar-refractivity contribution in [2.75, 3.05) is 0 Å². The number of alkyl halides is 1. The van der Waals surface area contributed by atoms with Crippen LogP contribution in [0.5, 0.6) is 0 Å². The van der Waals surface area contributed by atoms with Crippen molar-refractivity contribution in [3.05, 3.63) is 61.8 Å². The average Bonchev–Trinajstić information content (AvgIpc) is 3.12. The Hall–Kier alpha value is 0.693. The van der Waals surface area contributed by atoms with Gasteiger partial charge in [0.05, 0.1) is 0 Å². The molecular formula is C16H11BrCl2S2Zr. The quantitative estimate of drug-likeness (QED) is 0.475. The van der Waals surface area contributed by atoms with Crippen molar-refractivity contribution in [1.82, 2.24) is 0 Å². The number of thioether (sulfide) groups is 1. The van der Waals surface area contributed by atoms with Gasteiger partial charge in [0.25, 0.3) is 0 Å². The van der Waals surface area contributed by atoms with Crippen LogP contribution in [-0.2, 0) is 19.7 Å². The molecule has 1 atom stereocenters. The molecule has 1 aromatic carbocycles. The van der Waals surface area contributed by atoms with E-state index >= 15 is 0 Å². The van der Waals surface area contributed by atoms with Gasteiger partial charge < -0.3 is 24.8 Å². The maximum absolute atomic E-state index is 5.98. The van der Waals surface area contributed by atoms with Gasteiger partial charge in [0, 0.05) is 0 Å². The summed E-state index contributed by atoms with van der Waals surface area (Å²) in [5.74, 6) is 0. The molecule has 112 valence electrons. The molecule has 0 bridgehead atoms. The normalized spacial score (nSPS) is 19.8. The zero-order valence-electron chi connectivity index (χ0n) is 11.4. The number of benzene rings is 1. The van der Waals surface area contributed by atoms with Gasteiger partial charge in [-0.2, -0.15) is 0 Å². The number of hydrogen-bond acceptors (Lipinski definition) is 2. The van der Waals surface area contributed by atoms with Crippen molar-refractivity contribution in [1.29, 1.82) is 0 Å². The summed E-state index contributed by atoms with van der Waals surface area (Å²) in [6.07, 6.45) is 12.4. The first-order chi connectivity index (χ1) is 9.74. The molecule has 0 saturated heterocycles. The van der Waals surface area contributed by atoms with Gasteiger partial charge in [0.2, 0.25) is 0 Å². The van der Waals surface area contributed by atoms with Gasteiger partial charge in [-0.25, -0.2) is 0 Å². The van der Waals surface area contributed by atoms with Crippen molar-refractivity contribution in [2.45, 2.75) is 10.6 Å². The zero-order valence-corrected chi connectivity index (χ0v) is 18.5. The van der Waals surface area contributed by atoms with Gasteiger partial charge in [-0.1, -0.05) is 0 Å². The predicted octanol–water partition coefficient (Wildman–Crippen LogP) is -0.900. The maximum atomic E-state index is 5.98. The van der Waals surface area contributed by atoms with Gasteiger partial charge in [0.1, 0.15) is 0 Å². The van der Waals surface area contributed by atoms with Gasteiger partial charge >= 0.3 is 144 Å². The third-order valence-corrected chi connectivity index (χ3v) is 13.0. The minimum atomic E-state index is -2.05. The van der Waals surface area contributed by atoms with Gasteiger partial charge in [-0.15, -0.1) is 0 Å². The first-order valence-electron chi connectivity index (χ1n) is 6.52.